The van der Waals surface area contributed by atoms with Crippen LogP contribution in [-0.4, -0.2) is 98.7 Å². The molecule has 6 rings (SSSR count). The summed E-state index contributed by atoms with van der Waals surface area (Å²) < 4.78 is 87.6. The number of sulfonamides is 1. The van der Waals surface area contributed by atoms with E-state index < -0.39 is 129 Å². The van der Waals surface area contributed by atoms with Crippen molar-refractivity contribution in [3.05, 3.63) is 85.5 Å². The number of non-ortho nitro benzene ring substituents is 1. The fourth-order valence-electron chi connectivity index (χ4n) is 7.52. The number of fused-ring (bicyclic) bond motifs is 3. The highest BCUT2D eigenvalue weighted by atomic mass is 32.2. The highest BCUT2D eigenvalue weighted by molar-refractivity contribution is 7.89. The number of rotatable bonds is 9. The summed E-state index contributed by atoms with van der Waals surface area (Å²) in [7, 11) is -3.89. The Kier molecular flexibility index (Phi) is 10.4. The van der Waals surface area contributed by atoms with Gasteiger partial charge < -0.3 is 50.0 Å². The highest BCUT2D eigenvalue weighted by Crippen LogP contribution is 2.57. The molecule has 3 aromatic rings. The first-order valence-corrected chi connectivity index (χ1v) is 18.0. The van der Waals surface area contributed by atoms with Gasteiger partial charge in [0, 0.05) is 59.2 Å². The minimum absolute atomic E-state index is 0.0457. The smallest absolute Gasteiger partial charge is 0.417 e. The molecule has 1 saturated heterocycles. The average molecular weight is 801 g/mol. The molecule has 0 spiro atoms. The van der Waals surface area contributed by atoms with Crippen LogP contribution in [0.15, 0.2) is 41.3 Å². The molecule has 0 radical (unpaired) electrons. The first kappa shape index (κ1) is 40.2. The molecular weight excluding hydrogens is 765 g/mol. The van der Waals surface area contributed by atoms with Gasteiger partial charge in [-0.2, -0.15) is 13.2 Å². The summed E-state index contributed by atoms with van der Waals surface area (Å²) in [4.78, 5) is 21.5. The normalized spacial score (nSPS) is 27.8. The number of nitrogens with one attached hydrogen (secondary N) is 1. The topological polar surface area (TPSA) is 276 Å². The number of benzene rings is 3. The second-order valence-corrected chi connectivity index (χ2v) is 15.1. The number of ketones is 1. The van der Waals surface area contributed by atoms with Crippen molar-refractivity contribution in [3.63, 3.8) is 0 Å². The van der Waals surface area contributed by atoms with E-state index in [1.807, 2.05) is 4.72 Å². The lowest BCUT2D eigenvalue weighted by Crippen LogP contribution is -2.55. The van der Waals surface area contributed by atoms with Crippen LogP contribution in [0.5, 0.6) is 17.2 Å². The molecule has 1 heterocycles. The van der Waals surface area contributed by atoms with E-state index in [0.717, 1.165) is 0 Å². The van der Waals surface area contributed by atoms with Crippen LogP contribution in [0.3, 0.4) is 0 Å². The van der Waals surface area contributed by atoms with Crippen LogP contribution in [0.2, 0.25) is 0 Å². The van der Waals surface area contributed by atoms with Crippen molar-refractivity contribution in [1.82, 2.24) is 4.72 Å². The number of hydrogen-bond acceptors (Lipinski definition) is 15. The first-order chi connectivity index (χ1) is 25.6. The number of nitrogens with zero attached hydrogens (tertiary/aromatic N) is 1. The zero-order chi connectivity index (χ0) is 40.5. The molecule has 3 aliphatic rings. The number of phenols is 2. The standard InChI is InChI=1S/C34H35F3N2O15S/c1-13-28(42)18(38-55(50,51)21-7-6-14(39(48)49)8-17(21)34(35,36)37)9-23(53-13)54-20-11-33(47,22(41)12-40)10-16-25(20)32(46)27-26(30(16)44)29(43)15-4-3-5-19(52-2)24(15)31(27)45/h3-8,13,18,20,23,28-29,31,38,40,42-47H,9-12H2,1-2H3. The number of nitro benzene ring substituents is 1. The molecule has 0 amide bonds. The van der Waals surface area contributed by atoms with Crippen molar-refractivity contribution in [2.75, 3.05) is 13.7 Å². The van der Waals surface area contributed by atoms with E-state index in [4.69, 9.17) is 14.2 Å². The summed E-state index contributed by atoms with van der Waals surface area (Å²) in [5, 5.41) is 89.6. The Morgan fingerprint density at radius 1 is 1.07 bits per heavy atom. The van der Waals surface area contributed by atoms with Gasteiger partial charge in [0.2, 0.25) is 10.0 Å². The maximum atomic E-state index is 13.9. The van der Waals surface area contributed by atoms with Gasteiger partial charge in [-0.25, -0.2) is 13.1 Å². The molecule has 1 aliphatic heterocycles. The predicted octanol–water partition coefficient (Wildman–Crippen LogP) is 1.65. The van der Waals surface area contributed by atoms with Crippen molar-refractivity contribution in [1.29, 1.82) is 0 Å². The number of phenolic OH excluding ortho intramolecular Hbond substituents is 2. The van der Waals surface area contributed by atoms with Gasteiger partial charge in [-0.05, 0) is 24.6 Å². The van der Waals surface area contributed by atoms with Crippen molar-refractivity contribution >= 4 is 21.5 Å². The molecule has 1 fully saturated rings. The Labute approximate surface area is 309 Å². The lowest BCUT2D eigenvalue weighted by atomic mass is 9.71. The SMILES string of the molecule is COc1cccc2c1C(O)c1c(O)c3c(c(O)c1C2O)CC(O)(C(=O)CO)CC3OC1CC(NS(=O)(=O)c2ccc([N+](=O)[O-])cc2C(F)(F)F)C(O)C(C)O1. The van der Waals surface area contributed by atoms with Crippen molar-refractivity contribution < 1.29 is 81.3 Å². The van der Waals surface area contributed by atoms with E-state index in [0.29, 0.717) is 12.1 Å². The number of alkyl halides is 3. The number of halogens is 3. The number of Topliss-reactive ketones (excluding diaryl/α,β-unsaturated/α-hetero) is 1. The van der Waals surface area contributed by atoms with Gasteiger partial charge in [0.05, 0.1) is 46.8 Å². The van der Waals surface area contributed by atoms with Crippen LogP contribution < -0.4 is 9.46 Å². The third-order valence-electron chi connectivity index (χ3n) is 10.2. The second kappa shape index (κ2) is 14.2. The third kappa shape index (κ3) is 6.89. The summed E-state index contributed by atoms with van der Waals surface area (Å²) in [6.07, 6.45) is -17.2. The fourth-order valence-corrected chi connectivity index (χ4v) is 8.99. The Morgan fingerprint density at radius 3 is 2.36 bits per heavy atom. The predicted molar refractivity (Wildman–Crippen MR) is 177 cm³/mol. The number of aliphatic hydroxyl groups excluding tert-OH is 4. The van der Waals surface area contributed by atoms with Gasteiger partial charge in [0.25, 0.3) is 5.69 Å². The zero-order valence-corrected chi connectivity index (χ0v) is 29.5. The zero-order valence-electron chi connectivity index (χ0n) is 28.7. The monoisotopic (exact) mass is 800 g/mol. The molecule has 0 aromatic heterocycles. The number of hydrogen-bond donors (Lipinski definition) is 8. The van der Waals surface area contributed by atoms with Gasteiger partial charge in [-0.15, -0.1) is 0 Å². The fraction of sp³-hybridized carbons (Fsp3) is 0.441. The van der Waals surface area contributed by atoms with Crippen LogP contribution >= 0.6 is 0 Å². The molecule has 55 heavy (non-hydrogen) atoms. The van der Waals surface area contributed by atoms with Crippen LogP contribution in [0.25, 0.3) is 0 Å². The minimum Gasteiger partial charge on any atom is -0.507 e. The second-order valence-electron chi connectivity index (χ2n) is 13.5. The van der Waals surface area contributed by atoms with E-state index in [2.05, 4.69) is 0 Å². The summed E-state index contributed by atoms with van der Waals surface area (Å²) in [5.74, 6) is -2.51. The molecule has 17 nitrogen and oxygen atoms in total. The number of methoxy groups -OCH3 is 1. The van der Waals surface area contributed by atoms with Crippen LogP contribution in [0.4, 0.5) is 18.9 Å². The van der Waals surface area contributed by atoms with Gasteiger partial charge >= 0.3 is 6.18 Å². The van der Waals surface area contributed by atoms with E-state index in [1.165, 1.54) is 32.2 Å². The minimum atomic E-state index is -5.36. The molecule has 8 N–H and O–H groups in total. The molecule has 0 bridgehead atoms. The van der Waals surface area contributed by atoms with Gasteiger partial charge in [0.1, 0.15) is 41.7 Å². The lowest BCUT2D eigenvalue weighted by Gasteiger charge is -2.43. The molecule has 21 heteroatoms. The maximum absolute atomic E-state index is 13.9. The van der Waals surface area contributed by atoms with Crippen molar-refractivity contribution in [3.8, 4) is 17.2 Å². The van der Waals surface area contributed by atoms with Crippen molar-refractivity contribution in [2.45, 2.75) is 85.7 Å². The number of ether oxygens (including phenoxy) is 3. The van der Waals surface area contributed by atoms with Gasteiger partial charge in [0.15, 0.2) is 12.1 Å². The largest absolute Gasteiger partial charge is 0.507 e. The number of aliphatic hydroxyl groups is 5. The summed E-state index contributed by atoms with van der Waals surface area (Å²) in [6, 6.07) is 3.76. The van der Waals surface area contributed by atoms with E-state index in [1.54, 1.807) is 0 Å². The first-order valence-electron chi connectivity index (χ1n) is 16.5. The van der Waals surface area contributed by atoms with Crippen LogP contribution in [0.1, 0.15) is 77.0 Å². The van der Waals surface area contributed by atoms with E-state index >= 15 is 0 Å². The summed E-state index contributed by atoms with van der Waals surface area (Å²) in [6.45, 7) is 0.0809. The number of nitro groups is 1. The summed E-state index contributed by atoms with van der Waals surface area (Å²) in [5.41, 5.74) is -6.58. The third-order valence-corrected chi connectivity index (χ3v) is 11.7. The highest BCUT2D eigenvalue weighted by Gasteiger charge is 2.51. The van der Waals surface area contributed by atoms with E-state index in [9.17, 15) is 72.2 Å². The molecule has 8 atom stereocenters. The summed E-state index contributed by atoms with van der Waals surface area (Å²) >= 11 is 0. The lowest BCUT2D eigenvalue weighted by molar-refractivity contribution is -0.385. The average Bonchev–Trinajstić information content (AvgIpc) is 3.12. The van der Waals surface area contributed by atoms with Gasteiger partial charge in [-0.1, -0.05) is 12.1 Å². The van der Waals surface area contributed by atoms with Crippen LogP contribution in [0, 0.1) is 10.1 Å². The molecule has 0 saturated carbocycles. The Balaban J connectivity index is 1.39. The molecule has 3 aromatic carbocycles. The Bertz CT molecular complexity index is 2170. The van der Waals surface area contributed by atoms with Gasteiger partial charge in [-0.3, -0.25) is 14.9 Å². The van der Waals surface area contributed by atoms with Crippen LogP contribution in [-0.2, 0) is 36.9 Å². The van der Waals surface area contributed by atoms with E-state index in [-0.39, 0.29) is 45.2 Å². The molecule has 8 unspecified atom stereocenters. The number of carbonyl (C=O) groups excluding carboxylic acids is 1. The Hall–Kier alpha value is -4.45. The van der Waals surface area contributed by atoms with Crippen molar-refractivity contribution in [2.24, 2.45) is 0 Å². The number of carbonyl (C=O) groups is 1. The quantitative estimate of drug-likeness (QED) is 0.0868. The molecular formula is C34H35F3N2O15S. The number of aromatic hydroxyl groups is 2. The molecule has 2 aliphatic carbocycles. The maximum Gasteiger partial charge on any atom is 0.417 e. The Morgan fingerprint density at radius 2 is 1.75 bits per heavy atom. The molecule has 298 valence electrons.